The van der Waals surface area contributed by atoms with E-state index in [9.17, 15) is 0 Å². The lowest BCUT2D eigenvalue weighted by Crippen LogP contribution is -2.37. The molecule has 1 saturated heterocycles. The molecule has 4 heteroatoms. The van der Waals surface area contributed by atoms with Crippen LogP contribution in [0.2, 0.25) is 0 Å². The number of aromatic nitrogens is 2. The average molecular weight is 273 g/mol. The van der Waals surface area contributed by atoms with Crippen molar-refractivity contribution in [2.75, 3.05) is 18.0 Å². The van der Waals surface area contributed by atoms with Gasteiger partial charge in [-0.2, -0.15) is 0 Å². The van der Waals surface area contributed by atoms with Crippen molar-refractivity contribution < 1.29 is 0 Å². The van der Waals surface area contributed by atoms with E-state index in [1.165, 1.54) is 43.4 Å². The summed E-state index contributed by atoms with van der Waals surface area (Å²) >= 11 is 1.73. The second-order valence-electron chi connectivity index (χ2n) is 5.98. The van der Waals surface area contributed by atoms with Gasteiger partial charge in [-0.15, -0.1) is 11.3 Å². The predicted molar refractivity (Wildman–Crippen MR) is 79.9 cm³/mol. The van der Waals surface area contributed by atoms with Crippen LogP contribution in [-0.2, 0) is 6.42 Å². The summed E-state index contributed by atoms with van der Waals surface area (Å²) in [6.07, 6.45) is 6.49. The average Bonchev–Trinajstić information content (AvgIpc) is 3.02. The van der Waals surface area contributed by atoms with Crippen LogP contribution in [0.1, 0.15) is 38.4 Å². The zero-order chi connectivity index (χ0) is 12.9. The van der Waals surface area contributed by atoms with Crippen molar-refractivity contribution in [2.45, 2.75) is 39.0 Å². The van der Waals surface area contributed by atoms with Crippen molar-refractivity contribution in [1.29, 1.82) is 0 Å². The van der Waals surface area contributed by atoms with Crippen molar-refractivity contribution in [3.05, 3.63) is 17.3 Å². The summed E-state index contributed by atoms with van der Waals surface area (Å²) in [5.41, 5.74) is 0.637. The second-order valence-corrected chi connectivity index (χ2v) is 6.88. The van der Waals surface area contributed by atoms with Gasteiger partial charge >= 0.3 is 0 Å². The monoisotopic (exact) mass is 273 g/mol. The van der Waals surface area contributed by atoms with E-state index in [-0.39, 0.29) is 0 Å². The van der Waals surface area contributed by atoms with E-state index in [1.807, 2.05) is 0 Å². The maximum absolute atomic E-state index is 4.83. The van der Waals surface area contributed by atoms with Gasteiger partial charge in [0.2, 0.25) is 0 Å². The molecule has 0 N–H and O–H groups in total. The Morgan fingerprint density at radius 1 is 1.32 bits per heavy atom. The Labute approximate surface area is 117 Å². The molecule has 0 aromatic carbocycles. The Bertz CT molecular complexity index is 615. The van der Waals surface area contributed by atoms with Crippen molar-refractivity contribution in [1.82, 2.24) is 9.97 Å². The van der Waals surface area contributed by atoms with Gasteiger partial charge in [-0.25, -0.2) is 9.97 Å². The summed E-state index contributed by atoms with van der Waals surface area (Å²) in [6, 6.07) is 2.18. The van der Waals surface area contributed by atoms with Gasteiger partial charge in [0.15, 0.2) is 0 Å². The van der Waals surface area contributed by atoms with Crippen LogP contribution < -0.4 is 4.90 Å². The number of anilines is 1. The molecule has 2 aromatic heterocycles. The first-order valence-electron chi connectivity index (χ1n) is 7.29. The first-order chi connectivity index (χ1) is 9.30. The van der Waals surface area contributed by atoms with Crippen LogP contribution in [0.5, 0.6) is 0 Å². The van der Waals surface area contributed by atoms with Gasteiger partial charge in [-0.1, -0.05) is 6.92 Å². The molecule has 0 radical (unpaired) electrons. The van der Waals surface area contributed by atoms with Crippen LogP contribution >= 0.6 is 11.3 Å². The van der Waals surface area contributed by atoms with Gasteiger partial charge in [0.05, 0.1) is 5.39 Å². The van der Waals surface area contributed by atoms with E-state index < -0.39 is 0 Å². The first-order valence-corrected chi connectivity index (χ1v) is 8.17. The van der Waals surface area contributed by atoms with Gasteiger partial charge in [-0.05, 0) is 42.5 Å². The molecule has 0 bridgehead atoms. The Morgan fingerprint density at radius 3 is 3.00 bits per heavy atom. The van der Waals surface area contributed by atoms with E-state index in [0.717, 1.165) is 23.6 Å². The number of nitrogens with zero attached hydrogens (tertiary/aromatic N) is 3. The number of fused-ring (bicyclic) bond motifs is 1. The second kappa shape index (κ2) is 4.17. The topological polar surface area (TPSA) is 29.0 Å². The largest absolute Gasteiger partial charge is 0.355 e. The lowest BCUT2D eigenvalue weighted by Gasteiger charge is -2.34. The zero-order valence-corrected chi connectivity index (χ0v) is 12.2. The lowest BCUT2D eigenvalue weighted by molar-refractivity contribution is 0.394. The van der Waals surface area contributed by atoms with Crippen LogP contribution in [0, 0.1) is 5.41 Å². The predicted octanol–water partition coefficient (Wildman–Crippen LogP) is 3.63. The van der Waals surface area contributed by atoms with Gasteiger partial charge in [0.1, 0.15) is 16.5 Å². The fourth-order valence-corrected chi connectivity index (χ4v) is 4.03. The summed E-state index contributed by atoms with van der Waals surface area (Å²) in [7, 11) is 0. The maximum atomic E-state index is 4.83. The first kappa shape index (κ1) is 11.6. The summed E-state index contributed by atoms with van der Waals surface area (Å²) < 4.78 is 0. The summed E-state index contributed by atoms with van der Waals surface area (Å²) in [6.45, 7) is 4.50. The van der Waals surface area contributed by atoms with E-state index in [1.54, 1.807) is 11.3 Å². The number of rotatable bonds is 2. The standard InChI is InChI=1S/C15H19N3S/c1-2-12-16-13(11-4-9-19-14(11)17-12)18-8-3-5-15(10-18)6-7-15/h4,9H,2-3,5-8,10H2,1H3. The maximum Gasteiger partial charge on any atom is 0.141 e. The van der Waals surface area contributed by atoms with Crippen LogP contribution in [0.3, 0.4) is 0 Å². The minimum atomic E-state index is 0.637. The lowest BCUT2D eigenvalue weighted by atomic mass is 9.95. The van der Waals surface area contributed by atoms with Crippen molar-refractivity contribution in [3.63, 3.8) is 0 Å². The Morgan fingerprint density at radius 2 is 2.21 bits per heavy atom. The number of hydrogen-bond donors (Lipinski definition) is 0. The SMILES string of the molecule is CCc1nc(N2CCCC3(CC3)C2)c2ccsc2n1. The molecule has 3 nitrogen and oxygen atoms in total. The van der Waals surface area contributed by atoms with Crippen molar-refractivity contribution in [3.8, 4) is 0 Å². The molecule has 0 atom stereocenters. The van der Waals surface area contributed by atoms with E-state index in [4.69, 9.17) is 4.98 Å². The molecular weight excluding hydrogens is 254 g/mol. The van der Waals surface area contributed by atoms with Gasteiger partial charge in [-0.3, -0.25) is 0 Å². The summed E-state index contributed by atoms with van der Waals surface area (Å²) in [5, 5.41) is 3.39. The third kappa shape index (κ3) is 1.93. The molecule has 1 saturated carbocycles. The highest BCUT2D eigenvalue weighted by Gasteiger charge is 2.45. The molecule has 2 fully saturated rings. The molecule has 1 aliphatic heterocycles. The molecule has 3 heterocycles. The molecular formula is C15H19N3S. The summed E-state index contributed by atoms with van der Waals surface area (Å²) in [4.78, 5) is 13.1. The quantitative estimate of drug-likeness (QED) is 0.836. The highest BCUT2D eigenvalue weighted by atomic mass is 32.1. The smallest absolute Gasteiger partial charge is 0.141 e. The highest BCUT2D eigenvalue weighted by molar-refractivity contribution is 7.16. The molecule has 0 amide bonds. The van der Waals surface area contributed by atoms with Gasteiger partial charge in [0, 0.05) is 19.5 Å². The van der Waals surface area contributed by atoms with Crippen LogP contribution in [0.15, 0.2) is 11.4 Å². The molecule has 100 valence electrons. The van der Waals surface area contributed by atoms with Gasteiger partial charge in [0.25, 0.3) is 0 Å². The van der Waals surface area contributed by atoms with Gasteiger partial charge < -0.3 is 4.90 Å². The Kier molecular flexibility index (Phi) is 2.56. The molecule has 4 rings (SSSR count). The number of hydrogen-bond acceptors (Lipinski definition) is 4. The number of thiophene rings is 1. The molecule has 1 aliphatic carbocycles. The number of aryl methyl sites for hydroxylation is 1. The van der Waals surface area contributed by atoms with E-state index in [0.29, 0.717) is 5.41 Å². The zero-order valence-electron chi connectivity index (χ0n) is 11.4. The normalized spacial score (nSPS) is 21.2. The molecule has 0 unspecified atom stereocenters. The summed E-state index contributed by atoms with van der Waals surface area (Å²) in [5.74, 6) is 2.18. The van der Waals surface area contributed by atoms with Crippen LogP contribution in [0.25, 0.3) is 10.2 Å². The minimum Gasteiger partial charge on any atom is -0.355 e. The van der Waals surface area contributed by atoms with Crippen molar-refractivity contribution >= 4 is 27.4 Å². The molecule has 2 aliphatic rings. The van der Waals surface area contributed by atoms with E-state index in [2.05, 4.69) is 28.3 Å². The third-order valence-corrected chi connectivity index (χ3v) is 5.39. The minimum absolute atomic E-state index is 0.637. The van der Waals surface area contributed by atoms with Crippen LogP contribution in [0.4, 0.5) is 5.82 Å². The third-order valence-electron chi connectivity index (χ3n) is 4.59. The van der Waals surface area contributed by atoms with Crippen molar-refractivity contribution in [2.24, 2.45) is 5.41 Å². The molecule has 19 heavy (non-hydrogen) atoms. The Hall–Kier alpha value is -1.16. The highest BCUT2D eigenvalue weighted by Crippen LogP contribution is 2.52. The molecule has 2 aromatic rings. The number of piperidine rings is 1. The van der Waals surface area contributed by atoms with E-state index >= 15 is 0 Å². The molecule has 1 spiro atoms. The van der Waals surface area contributed by atoms with Crippen LogP contribution in [-0.4, -0.2) is 23.1 Å². The fraction of sp³-hybridized carbons (Fsp3) is 0.600. The fourth-order valence-electron chi connectivity index (χ4n) is 3.26. The Balaban J connectivity index is 1.78.